The van der Waals surface area contributed by atoms with Crippen molar-refractivity contribution >= 4 is 12.1 Å². The van der Waals surface area contributed by atoms with Crippen LogP contribution in [0.5, 0.6) is 0 Å². The van der Waals surface area contributed by atoms with E-state index in [9.17, 15) is 35.1 Å². The van der Waals surface area contributed by atoms with Crippen molar-refractivity contribution in [2.45, 2.75) is 224 Å². The Morgan fingerprint density at radius 3 is 2.17 bits per heavy atom. The molecule has 0 aromatic heterocycles. The third-order valence-electron chi connectivity index (χ3n) is 15.6. The number of unbranched alkanes of at least 4 members (excludes halogenated alkanes) is 3. The van der Waals surface area contributed by atoms with Crippen molar-refractivity contribution < 1.29 is 68.3 Å². The van der Waals surface area contributed by atoms with Crippen LogP contribution in [0.3, 0.4) is 0 Å². The number of nitrogens with zero attached hydrogens (tertiary/aromatic N) is 2. The lowest BCUT2D eigenvalue weighted by Crippen LogP contribution is -2.60. The molecule has 3 saturated heterocycles. The molecule has 416 valence electrons. The predicted octanol–water partition coefficient (Wildman–Crippen LogP) is 4.74. The number of carbonyl (C=O) groups is 2. The molecule has 18 heteroatoms. The van der Waals surface area contributed by atoms with Gasteiger partial charge in [0, 0.05) is 44.6 Å². The van der Waals surface area contributed by atoms with E-state index in [-0.39, 0.29) is 43.9 Å². The van der Waals surface area contributed by atoms with Gasteiger partial charge in [0.05, 0.1) is 41.5 Å². The molecule has 18 nitrogen and oxygen atoms in total. The molecule has 0 spiro atoms. The fraction of sp³-hybridized carbons (Fsp3) is 0.852. The Hall–Kier alpha value is -2.56. The molecule has 1 aromatic carbocycles. The zero-order chi connectivity index (χ0) is 53.6. The van der Waals surface area contributed by atoms with Crippen LogP contribution >= 0.6 is 0 Å². The normalized spacial score (nSPS) is 38.9. The molecule has 3 fully saturated rings. The zero-order valence-corrected chi connectivity index (χ0v) is 46.0. The molecule has 1 aromatic rings. The number of aliphatic hydroxyl groups excluding tert-OH is 3. The third-order valence-corrected chi connectivity index (χ3v) is 15.6. The summed E-state index contributed by atoms with van der Waals surface area (Å²) < 4.78 is 43.5. The Kier molecular flexibility index (Phi) is 24.6. The molecule has 4 rings (SSSR count). The molecule has 72 heavy (non-hydrogen) atoms. The lowest BCUT2D eigenvalue weighted by Gasteiger charge is -2.48. The number of esters is 1. The van der Waals surface area contributed by atoms with E-state index in [1.165, 1.54) is 14.0 Å². The van der Waals surface area contributed by atoms with Gasteiger partial charge in [-0.15, -0.1) is 0 Å². The van der Waals surface area contributed by atoms with Gasteiger partial charge in [0.25, 0.3) is 0 Å². The molecule has 0 bridgehead atoms. The SMILES string of the molecule is CC[C@H]1OC(=O)[C@H](C)[C@@H](OC2C[C@@](C)(OC)[C@@H](O)[C@H](C)O2)[C@H](C)[C@H](O[C@@H]2O[C@H](C)C[C@H](N(C)C)[C@H]2O)[C@](C)(O)C[C@@H](C)CN(CCCNCCCCCCNC(=O)OCc2ccccc2)[C@H](C)[C@H](O)[C@]1(C)O. The van der Waals surface area contributed by atoms with Gasteiger partial charge in [-0.3, -0.25) is 9.69 Å². The van der Waals surface area contributed by atoms with Gasteiger partial charge in [-0.05, 0) is 132 Å². The molecular weight excluding hydrogens is 929 g/mol. The second-order valence-corrected chi connectivity index (χ2v) is 22.2. The van der Waals surface area contributed by atoms with Crippen LogP contribution in [0.2, 0.25) is 0 Å². The van der Waals surface area contributed by atoms with Gasteiger partial charge in [-0.25, -0.2) is 4.79 Å². The molecule has 1 amide bonds. The predicted molar refractivity (Wildman–Crippen MR) is 274 cm³/mol. The molecule has 0 radical (unpaired) electrons. The first kappa shape index (κ1) is 62.0. The van der Waals surface area contributed by atoms with Gasteiger partial charge >= 0.3 is 12.1 Å². The number of hydrogen-bond acceptors (Lipinski definition) is 17. The highest BCUT2D eigenvalue weighted by molar-refractivity contribution is 5.73. The number of alkyl carbamates (subject to hydrolysis) is 1. The van der Waals surface area contributed by atoms with Crippen molar-refractivity contribution in [2.24, 2.45) is 17.8 Å². The van der Waals surface area contributed by atoms with Gasteiger partial charge in [0.15, 0.2) is 12.6 Å². The van der Waals surface area contributed by atoms with E-state index in [1.807, 2.05) is 77.0 Å². The first-order valence-electron chi connectivity index (χ1n) is 26.8. The van der Waals surface area contributed by atoms with E-state index in [0.29, 0.717) is 32.6 Å². The van der Waals surface area contributed by atoms with Crippen LogP contribution in [0.4, 0.5) is 4.79 Å². The van der Waals surface area contributed by atoms with Crippen molar-refractivity contribution in [2.75, 3.05) is 53.9 Å². The van der Waals surface area contributed by atoms with Crippen molar-refractivity contribution in [3.63, 3.8) is 0 Å². The number of aliphatic hydroxyl groups is 5. The van der Waals surface area contributed by atoms with Crippen LogP contribution < -0.4 is 10.6 Å². The highest BCUT2D eigenvalue weighted by atomic mass is 16.7. The summed E-state index contributed by atoms with van der Waals surface area (Å²) in [6.45, 7) is 21.1. The molecule has 0 saturated carbocycles. The molecular formula is C54H96N4O14. The highest BCUT2D eigenvalue weighted by Gasteiger charge is 2.53. The van der Waals surface area contributed by atoms with Crippen LogP contribution in [0.25, 0.3) is 0 Å². The molecule has 7 N–H and O–H groups in total. The van der Waals surface area contributed by atoms with Crippen LogP contribution in [-0.2, 0) is 44.6 Å². The average molecular weight is 1030 g/mol. The summed E-state index contributed by atoms with van der Waals surface area (Å²) in [6.07, 6.45) is -4.58. The Labute approximate surface area is 431 Å². The molecule has 3 aliphatic heterocycles. The van der Waals surface area contributed by atoms with Crippen LogP contribution in [-0.4, -0.2) is 192 Å². The van der Waals surface area contributed by atoms with Gasteiger partial charge in [-0.2, -0.15) is 0 Å². The lowest BCUT2D eigenvalue weighted by molar-refractivity contribution is -0.318. The number of carbonyl (C=O) groups excluding carboxylic acids is 2. The fourth-order valence-electron chi connectivity index (χ4n) is 11.1. The second-order valence-electron chi connectivity index (χ2n) is 22.2. The maximum atomic E-state index is 14.6. The van der Waals surface area contributed by atoms with Crippen molar-refractivity contribution in [3.05, 3.63) is 35.9 Å². The van der Waals surface area contributed by atoms with E-state index < -0.39 is 102 Å². The number of rotatable bonds is 20. The van der Waals surface area contributed by atoms with Crippen molar-refractivity contribution in [3.8, 4) is 0 Å². The topological polar surface area (TPSA) is 230 Å². The van der Waals surface area contributed by atoms with E-state index in [1.54, 1.807) is 34.6 Å². The Morgan fingerprint density at radius 2 is 1.53 bits per heavy atom. The van der Waals surface area contributed by atoms with E-state index in [2.05, 4.69) is 15.5 Å². The number of cyclic esters (lactones) is 1. The summed E-state index contributed by atoms with van der Waals surface area (Å²) in [5, 5.41) is 66.4. The second kappa shape index (κ2) is 28.5. The van der Waals surface area contributed by atoms with Gasteiger partial charge in [0.1, 0.15) is 36.6 Å². The van der Waals surface area contributed by atoms with E-state index in [4.69, 9.17) is 33.2 Å². The Morgan fingerprint density at radius 1 is 0.875 bits per heavy atom. The molecule has 0 aliphatic carbocycles. The maximum Gasteiger partial charge on any atom is 0.407 e. The summed E-state index contributed by atoms with van der Waals surface area (Å²) in [5.74, 6) is -2.74. The van der Waals surface area contributed by atoms with Crippen LogP contribution in [0.15, 0.2) is 30.3 Å². The number of ether oxygens (including phenoxy) is 7. The number of methoxy groups -OCH3 is 1. The number of amides is 1. The van der Waals surface area contributed by atoms with Gasteiger partial charge in [0.2, 0.25) is 0 Å². The van der Waals surface area contributed by atoms with Gasteiger partial charge < -0.3 is 74.2 Å². The molecule has 1 unspecified atom stereocenters. The summed E-state index contributed by atoms with van der Waals surface area (Å²) in [6, 6.07) is 8.67. The number of hydrogen-bond donors (Lipinski definition) is 7. The summed E-state index contributed by atoms with van der Waals surface area (Å²) >= 11 is 0. The molecule has 18 atom stereocenters. The van der Waals surface area contributed by atoms with Crippen LogP contribution in [0.1, 0.15) is 133 Å². The summed E-state index contributed by atoms with van der Waals surface area (Å²) in [7, 11) is 5.29. The smallest absolute Gasteiger partial charge is 0.407 e. The van der Waals surface area contributed by atoms with Crippen molar-refractivity contribution in [1.29, 1.82) is 0 Å². The maximum absolute atomic E-state index is 14.6. The lowest BCUT2D eigenvalue weighted by atomic mass is 9.77. The van der Waals surface area contributed by atoms with Crippen LogP contribution in [0, 0.1) is 17.8 Å². The number of likely N-dealkylation sites (N-methyl/N-ethyl adjacent to an activating group) is 1. The Bertz CT molecular complexity index is 1750. The summed E-state index contributed by atoms with van der Waals surface area (Å²) in [4.78, 5) is 30.7. The standard InChI is InChI=1S/C54H96N4O14/c1-14-42-54(10,65)46(60)38(6)58(28-22-26-55-25-20-15-16-21-27-56-51(63)67-33-40-23-18-17-19-24-40)32-34(2)30-52(8,64)48(72-50-44(59)41(57(11)12)29-35(3)68-50)36(4)45(37(5)49(62)70-42)71-43-31-53(9,66-13)47(61)39(7)69-43/h17-19,23-24,34-39,41-48,50,55,59-61,64-65H,14-16,20-22,25-33H2,1-13H3,(H,56,63)/t34-,35-,36+,37-,38-,39+,41+,42-,43?,44-,45+,46+,47+,48+,50+,52-,53-,54-/m1/s1. The van der Waals surface area contributed by atoms with E-state index >= 15 is 0 Å². The monoisotopic (exact) mass is 1020 g/mol. The minimum atomic E-state index is -1.87. The number of nitrogens with one attached hydrogen (secondary N) is 2. The highest BCUT2D eigenvalue weighted by Crippen LogP contribution is 2.40. The van der Waals surface area contributed by atoms with E-state index in [0.717, 1.165) is 44.2 Å². The summed E-state index contributed by atoms with van der Waals surface area (Å²) in [5.41, 5.74) is -3.59. The molecule has 3 aliphatic rings. The zero-order valence-electron chi connectivity index (χ0n) is 46.0. The first-order valence-corrected chi connectivity index (χ1v) is 26.8. The van der Waals surface area contributed by atoms with Crippen molar-refractivity contribution in [1.82, 2.24) is 20.4 Å². The third kappa shape index (κ3) is 17.2. The minimum absolute atomic E-state index is 0.113. The number of benzene rings is 1. The fourth-order valence-corrected chi connectivity index (χ4v) is 11.1. The quantitative estimate of drug-likeness (QED) is 0.0691. The minimum Gasteiger partial charge on any atom is -0.459 e. The average Bonchev–Trinajstić information content (AvgIpc) is 3.33. The van der Waals surface area contributed by atoms with Gasteiger partial charge in [-0.1, -0.05) is 63.9 Å². The molecule has 3 heterocycles. The first-order chi connectivity index (χ1) is 33.9. The Balaban J connectivity index is 1.53. The largest absolute Gasteiger partial charge is 0.459 e.